The lowest BCUT2D eigenvalue weighted by Gasteiger charge is -2.28. The number of aromatic nitrogens is 2. The van der Waals surface area contributed by atoms with Crippen molar-refractivity contribution in [1.82, 2.24) is 10.2 Å². The summed E-state index contributed by atoms with van der Waals surface area (Å²) in [5, 5.41) is 10.7. The molecule has 0 amide bonds. The first kappa shape index (κ1) is 20.2. The van der Waals surface area contributed by atoms with Gasteiger partial charge in [0.15, 0.2) is 5.82 Å². The van der Waals surface area contributed by atoms with Crippen molar-refractivity contribution < 1.29 is 13.2 Å². The summed E-state index contributed by atoms with van der Waals surface area (Å²) in [5.41, 5.74) is 5.45. The fraction of sp³-hybridized carbons (Fsp3) is 0.286. The molecule has 8 nitrogen and oxygen atoms in total. The fourth-order valence-electron chi connectivity index (χ4n) is 3.43. The molecule has 0 atom stereocenters. The van der Waals surface area contributed by atoms with E-state index in [9.17, 15) is 8.42 Å². The number of rotatable bonds is 6. The van der Waals surface area contributed by atoms with E-state index in [2.05, 4.69) is 49.4 Å². The Balaban J connectivity index is 1.45. The average Bonchev–Trinajstić information content (AvgIpc) is 3.18. The number of nitrogens with zero attached hydrogens (tertiary/aromatic N) is 2. The number of hydrogen-bond acceptors (Lipinski definition) is 6. The maximum absolute atomic E-state index is 11.4. The number of aromatic amines is 1. The molecule has 0 unspecified atom stereocenters. The van der Waals surface area contributed by atoms with E-state index in [0.717, 1.165) is 55.1 Å². The lowest BCUT2D eigenvalue weighted by molar-refractivity contribution is 0.122. The lowest BCUT2D eigenvalue weighted by atomic mass is 10.1. The van der Waals surface area contributed by atoms with E-state index in [4.69, 9.17) is 4.74 Å². The van der Waals surface area contributed by atoms with Crippen LogP contribution in [0.5, 0.6) is 0 Å². The quantitative estimate of drug-likeness (QED) is 0.558. The van der Waals surface area contributed by atoms with Crippen molar-refractivity contribution in [3.8, 4) is 11.3 Å². The molecule has 9 heteroatoms. The van der Waals surface area contributed by atoms with Crippen LogP contribution in [0.4, 0.5) is 22.9 Å². The van der Waals surface area contributed by atoms with Crippen LogP contribution in [0.3, 0.4) is 0 Å². The molecule has 1 fully saturated rings. The minimum Gasteiger partial charge on any atom is -0.378 e. The van der Waals surface area contributed by atoms with E-state index in [-0.39, 0.29) is 0 Å². The summed E-state index contributed by atoms with van der Waals surface area (Å²) in [6.07, 6.45) is 1.13. The van der Waals surface area contributed by atoms with Crippen molar-refractivity contribution in [3.05, 3.63) is 54.1 Å². The van der Waals surface area contributed by atoms with Gasteiger partial charge in [0.2, 0.25) is 10.0 Å². The molecule has 0 spiro atoms. The van der Waals surface area contributed by atoms with Crippen molar-refractivity contribution in [2.24, 2.45) is 0 Å². The summed E-state index contributed by atoms with van der Waals surface area (Å²) in [7, 11) is -3.30. The second kappa shape index (κ2) is 8.37. The number of sulfonamides is 1. The van der Waals surface area contributed by atoms with E-state index in [1.54, 1.807) is 12.1 Å². The Bertz CT molecular complexity index is 1120. The van der Waals surface area contributed by atoms with Gasteiger partial charge in [0.1, 0.15) is 0 Å². The summed E-state index contributed by atoms with van der Waals surface area (Å²) in [6.45, 7) is 5.27. The largest absolute Gasteiger partial charge is 0.378 e. The van der Waals surface area contributed by atoms with Crippen molar-refractivity contribution in [1.29, 1.82) is 0 Å². The highest BCUT2D eigenvalue weighted by atomic mass is 32.2. The van der Waals surface area contributed by atoms with Crippen LogP contribution in [0.25, 0.3) is 11.3 Å². The van der Waals surface area contributed by atoms with Gasteiger partial charge in [0, 0.05) is 36.2 Å². The standard InChI is InChI=1S/C21H25N5O3S/c1-15-13-17(25-30(2,27)28)5-8-19(15)22-21-14-20(23-24-21)16-3-6-18(7-4-16)26-9-11-29-12-10-26/h3-8,13-14,25H,9-12H2,1-2H3,(H2,22,23,24). The number of benzene rings is 2. The molecule has 4 rings (SSSR count). The first-order valence-corrected chi connectivity index (χ1v) is 11.6. The average molecular weight is 428 g/mol. The van der Waals surface area contributed by atoms with Gasteiger partial charge in [-0.15, -0.1) is 0 Å². The van der Waals surface area contributed by atoms with Gasteiger partial charge < -0.3 is 15.0 Å². The summed E-state index contributed by atoms with van der Waals surface area (Å²) >= 11 is 0. The molecular formula is C21H25N5O3S. The van der Waals surface area contributed by atoms with Gasteiger partial charge in [-0.05, 0) is 48.4 Å². The number of H-pyrrole nitrogens is 1. The molecule has 0 saturated carbocycles. The first-order valence-electron chi connectivity index (χ1n) is 9.71. The van der Waals surface area contributed by atoms with E-state index >= 15 is 0 Å². The monoisotopic (exact) mass is 427 g/mol. The summed E-state index contributed by atoms with van der Waals surface area (Å²) < 4.78 is 30.7. The van der Waals surface area contributed by atoms with Gasteiger partial charge in [-0.3, -0.25) is 9.82 Å². The van der Waals surface area contributed by atoms with E-state index in [1.165, 1.54) is 5.69 Å². The zero-order valence-electron chi connectivity index (χ0n) is 17.0. The first-order chi connectivity index (χ1) is 14.4. The zero-order valence-corrected chi connectivity index (χ0v) is 17.8. The minimum atomic E-state index is -3.30. The normalized spacial score (nSPS) is 14.5. The number of morpholine rings is 1. The van der Waals surface area contributed by atoms with E-state index in [1.807, 2.05) is 19.1 Å². The topological polar surface area (TPSA) is 99.4 Å². The Morgan fingerprint density at radius 1 is 1.07 bits per heavy atom. The van der Waals surface area contributed by atoms with Gasteiger partial charge in [0.05, 0.1) is 25.2 Å². The SMILES string of the molecule is Cc1cc(NS(C)(=O)=O)ccc1Nc1cc(-c2ccc(N3CCOCC3)cc2)[nH]n1. The number of hydrogen-bond donors (Lipinski definition) is 3. The van der Waals surface area contributed by atoms with E-state index in [0.29, 0.717) is 11.5 Å². The molecule has 1 saturated heterocycles. The highest BCUT2D eigenvalue weighted by Crippen LogP contribution is 2.27. The third kappa shape index (κ3) is 4.92. The Hall–Kier alpha value is -3.04. The van der Waals surface area contributed by atoms with Crippen LogP contribution in [0, 0.1) is 6.92 Å². The molecule has 1 aliphatic rings. The van der Waals surface area contributed by atoms with Crippen LogP contribution >= 0.6 is 0 Å². The molecule has 3 N–H and O–H groups in total. The van der Waals surface area contributed by atoms with Gasteiger partial charge in [0.25, 0.3) is 0 Å². The number of ether oxygens (including phenoxy) is 1. The molecule has 158 valence electrons. The summed E-state index contributed by atoms with van der Waals surface area (Å²) in [4.78, 5) is 2.32. The maximum atomic E-state index is 11.4. The van der Waals surface area contributed by atoms with Crippen LogP contribution in [0.15, 0.2) is 48.5 Å². The minimum absolute atomic E-state index is 0.531. The van der Waals surface area contributed by atoms with Crippen molar-refractivity contribution in [2.75, 3.05) is 47.5 Å². The smallest absolute Gasteiger partial charge is 0.229 e. The molecule has 3 aromatic rings. The predicted octanol–water partition coefficient (Wildman–Crippen LogP) is 3.34. The summed E-state index contributed by atoms with van der Waals surface area (Å²) in [6, 6.07) is 15.7. The van der Waals surface area contributed by atoms with Gasteiger partial charge in [-0.25, -0.2) is 8.42 Å². The molecule has 2 aromatic carbocycles. The maximum Gasteiger partial charge on any atom is 0.229 e. The Morgan fingerprint density at radius 3 is 2.47 bits per heavy atom. The lowest BCUT2D eigenvalue weighted by Crippen LogP contribution is -2.36. The molecule has 0 bridgehead atoms. The molecular weight excluding hydrogens is 402 g/mol. The molecule has 30 heavy (non-hydrogen) atoms. The highest BCUT2D eigenvalue weighted by molar-refractivity contribution is 7.92. The molecule has 0 radical (unpaired) electrons. The predicted molar refractivity (Wildman–Crippen MR) is 120 cm³/mol. The zero-order chi connectivity index (χ0) is 21.1. The van der Waals surface area contributed by atoms with Crippen molar-refractivity contribution in [2.45, 2.75) is 6.92 Å². The number of nitrogens with one attached hydrogen (secondary N) is 3. The fourth-order valence-corrected chi connectivity index (χ4v) is 3.98. The van der Waals surface area contributed by atoms with Crippen molar-refractivity contribution >= 4 is 32.9 Å². The van der Waals surface area contributed by atoms with Crippen LogP contribution < -0.4 is 14.9 Å². The Kier molecular flexibility index (Phi) is 5.65. The van der Waals surface area contributed by atoms with Gasteiger partial charge >= 0.3 is 0 Å². The third-order valence-electron chi connectivity index (χ3n) is 4.92. The highest BCUT2D eigenvalue weighted by Gasteiger charge is 2.12. The molecule has 0 aliphatic carbocycles. The van der Waals surface area contributed by atoms with Crippen molar-refractivity contribution in [3.63, 3.8) is 0 Å². The Labute approximate surface area is 176 Å². The molecule has 1 aromatic heterocycles. The van der Waals surface area contributed by atoms with Gasteiger partial charge in [-0.2, -0.15) is 5.10 Å². The van der Waals surface area contributed by atoms with Crippen LogP contribution in [-0.4, -0.2) is 51.2 Å². The molecule has 2 heterocycles. The second-order valence-electron chi connectivity index (χ2n) is 7.34. The summed E-state index contributed by atoms with van der Waals surface area (Å²) in [5.74, 6) is 0.689. The molecule has 1 aliphatic heterocycles. The van der Waals surface area contributed by atoms with Crippen LogP contribution in [0.2, 0.25) is 0 Å². The second-order valence-corrected chi connectivity index (χ2v) is 9.09. The number of anilines is 4. The third-order valence-corrected chi connectivity index (χ3v) is 5.53. The van der Waals surface area contributed by atoms with Gasteiger partial charge in [-0.1, -0.05) is 12.1 Å². The van der Waals surface area contributed by atoms with Crippen LogP contribution in [-0.2, 0) is 14.8 Å². The Morgan fingerprint density at radius 2 is 1.80 bits per heavy atom. The van der Waals surface area contributed by atoms with E-state index < -0.39 is 10.0 Å². The number of aryl methyl sites for hydroxylation is 1. The van der Waals surface area contributed by atoms with Crippen LogP contribution in [0.1, 0.15) is 5.56 Å².